The average molecular weight is 431 g/mol. The third kappa shape index (κ3) is 6.12. The highest BCUT2D eigenvalue weighted by atomic mass is 16.6. The van der Waals surface area contributed by atoms with Crippen molar-refractivity contribution in [3.63, 3.8) is 0 Å². The van der Waals surface area contributed by atoms with E-state index in [1.165, 1.54) is 30.3 Å². The Kier molecular flexibility index (Phi) is 7.48. The van der Waals surface area contributed by atoms with Crippen LogP contribution in [0.2, 0.25) is 0 Å². The molecule has 0 radical (unpaired) electrons. The average Bonchev–Trinajstić information content (AvgIpc) is 2.82. The Morgan fingerprint density at radius 3 is 2.06 bits per heavy atom. The maximum absolute atomic E-state index is 12.3. The van der Waals surface area contributed by atoms with Crippen molar-refractivity contribution in [2.45, 2.75) is 13.3 Å². The molecule has 3 aromatic carbocycles. The van der Waals surface area contributed by atoms with Crippen molar-refractivity contribution < 1.29 is 24.0 Å². The second-order valence-electron chi connectivity index (χ2n) is 6.83. The predicted octanol–water partition coefficient (Wildman–Crippen LogP) is 5.50. The van der Waals surface area contributed by atoms with E-state index < -0.39 is 10.9 Å². The number of rotatable bonds is 9. The molecule has 0 heterocycles. The molecule has 0 amide bonds. The highest BCUT2D eigenvalue weighted by Crippen LogP contribution is 2.18. The first-order valence-electron chi connectivity index (χ1n) is 9.98. The van der Waals surface area contributed by atoms with Crippen LogP contribution in [0.5, 0.6) is 11.5 Å². The van der Waals surface area contributed by atoms with Crippen LogP contribution in [0.15, 0.2) is 78.9 Å². The minimum absolute atomic E-state index is 0.0727. The lowest BCUT2D eigenvalue weighted by atomic mass is 10.1. The Balaban J connectivity index is 1.57. The van der Waals surface area contributed by atoms with Crippen molar-refractivity contribution in [2.75, 3.05) is 6.61 Å². The summed E-state index contributed by atoms with van der Waals surface area (Å²) >= 11 is 0. The van der Waals surface area contributed by atoms with Crippen LogP contribution in [-0.2, 0) is 0 Å². The number of carbonyl (C=O) groups excluding carboxylic acids is 2. The molecule has 0 atom stereocenters. The van der Waals surface area contributed by atoms with Gasteiger partial charge in [-0.2, -0.15) is 0 Å². The Morgan fingerprint density at radius 2 is 1.47 bits per heavy atom. The molecule has 7 nitrogen and oxygen atoms in total. The lowest BCUT2D eigenvalue weighted by Gasteiger charge is -2.07. The van der Waals surface area contributed by atoms with E-state index in [1.54, 1.807) is 54.6 Å². The van der Waals surface area contributed by atoms with Crippen LogP contribution < -0.4 is 9.47 Å². The molecule has 162 valence electrons. The van der Waals surface area contributed by atoms with Gasteiger partial charge >= 0.3 is 5.97 Å². The SMILES string of the molecule is CCCOc1ccc(C(=O)Oc2ccc(/C=C/C(=O)c3ccc([N+](=O)[O-])cc3)cc2)cc1. The molecule has 32 heavy (non-hydrogen) atoms. The third-order valence-corrected chi connectivity index (χ3v) is 4.44. The number of allylic oxidation sites excluding steroid dienone is 1. The lowest BCUT2D eigenvalue weighted by molar-refractivity contribution is -0.384. The molecule has 0 aliphatic carbocycles. The summed E-state index contributed by atoms with van der Waals surface area (Å²) in [5, 5.41) is 10.7. The minimum Gasteiger partial charge on any atom is -0.494 e. The van der Waals surface area contributed by atoms with Crippen molar-refractivity contribution in [3.05, 3.63) is 106 Å². The Hall–Kier alpha value is -4.26. The molecule has 0 aliphatic heterocycles. The van der Waals surface area contributed by atoms with Gasteiger partial charge in [0.2, 0.25) is 0 Å². The molecule has 7 heteroatoms. The summed E-state index contributed by atoms with van der Waals surface area (Å²) in [7, 11) is 0. The Labute approximate surface area is 185 Å². The van der Waals surface area contributed by atoms with Crippen LogP contribution in [0, 0.1) is 10.1 Å². The van der Waals surface area contributed by atoms with Crippen LogP contribution in [0.3, 0.4) is 0 Å². The molecule has 0 fully saturated rings. The van der Waals surface area contributed by atoms with Gasteiger partial charge in [0, 0.05) is 17.7 Å². The summed E-state index contributed by atoms with van der Waals surface area (Å²) in [5.41, 5.74) is 1.42. The predicted molar refractivity (Wildman–Crippen MR) is 120 cm³/mol. The Morgan fingerprint density at radius 1 is 0.875 bits per heavy atom. The van der Waals surface area contributed by atoms with Crippen molar-refractivity contribution in [2.24, 2.45) is 0 Å². The number of hydrogen-bond acceptors (Lipinski definition) is 6. The van der Waals surface area contributed by atoms with E-state index in [1.807, 2.05) is 6.92 Å². The first-order chi connectivity index (χ1) is 15.5. The van der Waals surface area contributed by atoms with Gasteiger partial charge in [0.15, 0.2) is 5.78 Å². The zero-order valence-corrected chi connectivity index (χ0v) is 17.4. The molecule has 0 aliphatic rings. The van der Waals surface area contributed by atoms with Crippen LogP contribution in [0.4, 0.5) is 5.69 Å². The van der Waals surface area contributed by atoms with Crippen molar-refractivity contribution in [1.29, 1.82) is 0 Å². The zero-order chi connectivity index (χ0) is 22.9. The fourth-order valence-corrected chi connectivity index (χ4v) is 2.74. The molecule has 0 N–H and O–H groups in total. The van der Waals surface area contributed by atoms with E-state index in [2.05, 4.69) is 0 Å². The van der Waals surface area contributed by atoms with Gasteiger partial charge in [-0.15, -0.1) is 0 Å². The summed E-state index contributed by atoms with van der Waals surface area (Å²) < 4.78 is 10.9. The minimum atomic E-state index is -0.518. The number of nitro groups is 1. The van der Waals surface area contributed by atoms with Crippen LogP contribution in [0.25, 0.3) is 6.08 Å². The van der Waals surface area contributed by atoms with Gasteiger partial charge in [-0.05, 0) is 66.6 Å². The summed E-state index contributed by atoms with van der Waals surface area (Å²) in [6, 6.07) is 18.8. The van der Waals surface area contributed by atoms with E-state index in [-0.39, 0.29) is 11.5 Å². The maximum atomic E-state index is 12.3. The Bertz CT molecular complexity index is 1120. The summed E-state index contributed by atoms with van der Waals surface area (Å²) in [6.07, 6.45) is 3.90. The van der Waals surface area contributed by atoms with E-state index in [0.717, 1.165) is 12.0 Å². The number of nitrogens with zero attached hydrogens (tertiary/aromatic N) is 1. The van der Waals surface area contributed by atoms with Gasteiger partial charge in [-0.3, -0.25) is 14.9 Å². The number of benzene rings is 3. The van der Waals surface area contributed by atoms with Gasteiger partial charge in [-0.25, -0.2) is 4.79 Å². The molecule has 0 saturated heterocycles. The van der Waals surface area contributed by atoms with E-state index in [9.17, 15) is 19.7 Å². The number of nitro benzene ring substituents is 1. The van der Waals surface area contributed by atoms with Gasteiger partial charge in [0.25, 0.3) is 5.69 Å². The van der Waals surface area contributed by atoms with Gasteiger partial charge in [-0.1, -0.05) is 25.1 Å². The van der Waals surface area contributed by atoms with Crippen molar-refractivity contribution in [3.8, 4) is 11.5 Å². The molecule has 0 bridgehead atoms. The number of esters is 1. The fraction of sp³-hybridized carbons (Fsp3) is 0.120. The largest absolute Gasteiger partial charge is 0.494 e. The van der Waals surface area contributed by atoms with E-state index in [0.29, 0.717) is 29.2 Å². The molecule has 3 rings (SSSR count). The first kappa shape index (κ1) is 22.4. The molecule has 0 saturated carbocycles. The van der Waals surface area contributed by atoms with E-state index >= 15 is 0 Å². The first-order valence-corrected chi connectivity index (χ1v) is 9.98. The van der Waals surface area contributed by atoms with Crippen LogP contribution in [-0.4, -0.2) is 23.3 Å². The molecular weight excluding hydrogens is 410 g/mol. The molecule has 0 aromatic heterocycles. The highest BCUT2D eigenvalue weighted by Gasteiger charge is 2.09. The van der Waals surface area contributed by atoms with Crippen molar-refractivity contribution in [1.82, 2.24) is 0 Å². The fourth-order valence-electron chi connectivity index (χ4n) is 2.74. The van der Waals surface area contributed by atoms with E-state index in [4.69, 9.17) is 9.47 Å². The van der Waals surface area contributed by atoms with Crippen LogP contribution >= 0.6 is 0 Å². The monoisotopic (exact) mass is 431 g/mol. The summed E-state index contributed by atoms with van der Waals surface area (Å²) in [4.78, 5) is 34.7. The lowest BCUT2D eigenvalue weighted by Crippen LogP contribution is -2.08. The topological polar surface area (TPSA) is 95.7 Å². The normalized spacial score (nSPS) is 10.7. The standard InChI is InChI=1S/C25H21NO6/c1-2-17-31-22-14-8-20(9-15-22)25(28)32-23-12-3-18(4-13-23)5-16-24(27)19-6-10-21(11-7-19)26(29)30/h3-16H,2,17H2,1H3/b16-5+. The maximum Gasteiger partial charge on any atom is 0.343 e. The summed E-state index contributed by atoms with van der Waals surface area (Å²) in [5.74, 6) is 0.313. The molecule has 0 spiro atoms. The number of non-ortho nitro benzene ring substituents is 1. The molecule has 0 unspecified atom stereocenters. The summed E-state index contributed by atoms with van der Waals surface area (Å²) in [6.45, 7) is 2.63. The van der Waals surface area contributed by atoms with Crippen molar-refractivity contribution >= 4 is 23.5 Å². The quantitative estimate of drug-likeness (QED) is 0.111. The zero-order valence-electron chi connectivity index (χ0n) is 17.4. The molecular formula is C25H21NO6. The second-order valence-corrected chi connectivity index (χ2v) is 6.83. The third-order valence-electron chi connectivity index (χ3n) is 4.44. The van der Waals surface area contributed by atoms with Gasteiger partial charge in [0.05, 0.1) is 17.1 Å². The highest BCUT2D eigenvalue weighted by molar-refractivity contribution is 6.06. The smallest absolute Gasteiger partial charge is 0.343 e. The number of hydrogen-bond donors (Lipinski definition) is 0. The van der Waals surface area contributed by atoms with Gasteiger partial charge < -0.3 is 9.47 Å². The number of ketones is 1. The van der Waals surface area contributed by atoms with Gasteiger partial charge in [0.1, 0.15) is 11.5 Å². The number of carbonyl (C=O) groups is 2. The van der Waals surface area contributed by atoms with Crippen LogP contribution in [0.1, 0.15) is 39.6 Å². The second kappa shape index (κ2) is 10.7. The molecule has 3 aromatic rings. The number of ether oxygens (including phenoxy) is 2.